The van der Waals surface area contributed by atoms with E-state index in [1.165, 1.54) is 75.4 Å². The maximum atomic E-state index is 8.05. The molecule has 6 rings (SSSR count). The number of aryl methyl sites for hydroxylation is 2. The molecule has 3 aliphatic carbocycles. The molecule has 8 nitrogen and oxygen atoms in total. The van der Waals surface area contributed by atoms with Crippen molar-refractivity contribution in [3.63, 3.8) is 0 Å². The number of methoxy groups -OCH3 is 1. The van der Waals surface area contributed by atoms with Crippen LogP contribution in [0, 0.1) is 24.7 Å². The van der Waals surface area contributed by atoms with E-state index in [9.17, 15) is 0 Å². The number of nitrogens with zero attached hydrogens (tertiary/aromatic N) is 5. The molecule has 39 heavy (non-hydrogen) atoms. The summed E-state index contributed by atoms with van der Waals surface area (Å²) in [5.41, 5.74) is 7.67. The lowest BCUT2D eigenvalue weighted by Gasteiger charge is -2.58. The Morgan fingerprint density at radius 1 is 1.15 bits per heavy atom. The molecule has 1 aliphatic heterocycles. The molecule has 0 aromatic carbocycles. The second-order valence-corrected chi connectivity index (χ2v) is 12.3. The number of rotatable bonds is 12. The summed E-state index contributed by atoms with van der Waals surface area (Å²) < 4.78 is 7.89. The number of unbranched alkanes of at least 4 members (excludes halogenated alkanes) is 1. The molecule has 3 heterocycles. The predicted molar refractivity (Wildman–Crippen MR) is 159 cm³/mol. The number of fused-ring (bicyclic) bond motifs is 4. The molecule has 3 saturated carbocycles. The van der Waals surface area contributed by atoms with Gasteiger partial charge in [-0.25, -0.2) is 4.98 Å². The summed E-state index contributed by atoms with van der Waals surface area (Å²) in [6, 6.07) is 2.12. The Bertz CT molecular complexity index is 1140. The summed E-state index contributed by atoms with van der Waals surface area (Å²) >= 11 is 0. The van der Waals surface area contributed by atoms with Gasteiger partial charge in [-0.2, -0.15) is 5.10 Å². The molecule has 2 aromatic rings. The highest BCUT2D eigenvalue weighted by molar-refractivity contribution is 5.92. The lowest BCUT2D eigenvalue weighted by atomic mass is 9.56. The van der Waals surface area contributed by atoms with Crippen LogP contribution in [-0.2, 0) is 24.2 Å². The third-order valence-electron chi connectivity index (χ3n) is 10.1. The van der Waals surface area contributed by atoms with Gasteiger partial charge < -0.3 is 20.4 Å². The van der Waals surface area contributed by atoms with Gasteiger partial charge in [0.1, 0.15) is 5.82 Å². The molecule has 3 fully saturated rings. The molecule has 2 N–H and O–H groups in total. The largest absolute Gasteiger partial charge is 0.383 e. The van der Waals surface area contributed by atoms with E-state index in [0.717, 1.165) is 67.7 Å². The van der Waals surface area contributed by atoms with Crippen LogP contribution in [0.4, 0.5) is 11.5 Å². The Hall–Kier alpha value is -2.45. The molecule has 0 atom stereocenters. The SMILES string of the molecule is CCCCN(CCOC)C12CCC(Cn3nc(C)c4c3CCN(c3cc(C)nc(NC)c3C=N)C4)(CC1)CC2. The normalized spacial score (nSPS) is 24.3. The quantitative estimate of drug-likeness (QED) is 0.357. The van der Waals surface area contributed by atoms with Gasteiger partial charge in [0.25, 0.3) is 0 Å². The first kappa shape index (κ1) is 28.1. The Morgan fingerprint density at radius 3 is 2.54 bits per heavy atom. The molecule has 214 valence electrons. The van der Waals surface area contributed by atoms with Crippen molar-refractivity contribution in [3.05, 3.63) is 34.3 Å². The van der Waals surface area contributed by atoms with Crippen LogP contribution in [-0.4, -0.2) is 71.8 Å². The number of hydrogen-bond donors (Lipinski definition) is 2. The molecule has 8 heteroatoms. The number of aromatic nitrogens is 3. The predicted octanol–water partition coefficient (Wildman–Crippen LogP) is 5.34. The fourth-order valence-electron chi connectivity index (χ4n) is 7.67. The first-order valence-electron chi connectivity index (χ1n) is 15.1. The number of ether oxygens (including phenoxy) is 1. The standard InChI is InChI=1S/C31H49N7O/c1-6-7-15-37(17-18-39-5)31-12-9-30(10-13-31,11-14-31)22-38-27-8-16-36(21-26(27)24(3)35-38)28-19-23(2)34-29(33-4)25(28)20-32/h19-20,32H,6-18,21-22H2,1-5H3,(H,33,34). The maximum absolute atomic E-state index is 8.05. The van der Waals surface area contributed by atoms with Crippen LogP contribution >= 0.6 is 0 Å². The van der Waals surface area contributed by atoms with Crippen molar-refractivity contribution in [1.82, 2.24) is 19.7 Å². The van der Waals surface area contributed by atoms with Gasteiger partial charge in [0.15, 0.2) is 0 Å². The van der Waals surface area contributed by atoms with Crippen molar-refractivity contribution in [3.8, 4) is 0 Å². The Morgan fingerprint density at radius 2 is 1.90 bits per heavy atom. The van der Waals surface area contributed by atoms with Gasteiger partial charge in [-0.05, 0) is 76.8 Å². The summed E-state index contributed by atoms with van der Waals surface area (Å²) in [7, 11) is 3.71. The van der Waals surface area contributed by atoms with E-state index in [-0.39, 0.29) is 0 Å². The topological polar surface area (TPSA) is 82.3 Å². The molecule has 0 saturated heterocycles. The van der Waals surface area contributed by atoms with Crippen molar-refractivity contribution in [1.29, 1.82) is 5.41 Å². The maximum Gasteiger partial charge on any atom is 0.136 e. The molecule has 0 radical (unpaired) electrons. The Labute approximate surface area is 235 Å². The zero-order valence-corrected chi connectivity index (χ0v) is 24.9. The Balaban J connectivity index is 1.31. The minimum Gasteiger partial charge on any atom is -0.383 e. The average Bonchev–Trinajstić information content (AvgIpc) is 3.27. The second kappa shape index (κ2) is 11.6. The van der Waals surface area contributed by atoms with Gasteiger partial charge >= 0.3 is 0 Å². The van der Waals surface area contributed by atoms with E-state index in [1.807, 2.05) is 21.1 Å². The molecule has 4 aliphatic rings. The molecular weight excluding hydrogens is 486 g/mol. The summed E-state index contributed by atoms with van der Waals surface area (Å²) in [6.07, 6.45) is 12.9. The van der Waals surface area contributed by atoms with Crippen molar-refractivity contribution in [2.45, 2.75) is 97.2 Å². The third-order valence-corrected chi connectivity index (χ3v) is 10.1. The van der Waals surface area contributed by atoms with Gasteiger partial charge in [-0.3, -0.25) is 9.58 Å². The summed E-state index contributed by atoms with van der Waals surface area (Å²) in [5, 5.41) is 16.4. The van der Waals surface area contributed by atoms with Crippen LogP contribution in [0.3, 0.4) is 0 Å². The van der Waals surface area contributed by atoms with Crippen LogP contribution in [0.1, 0.15) is 86.5 Å². The highest BCUT2D eigenvalue weighted by Crippen LogP contribution is 2.55. The lowest BCUT2D eigenvalue weighted by molar-refractivity contribution is -0.0691. The molecular formula is C31H49N7O. The van der Waals surface area contributed by atoms with E-state index in [1.54, 1.807) is 0 Å². The van der Waals surface area contributed by atoms with Crippen LogP contribution in [0.2, 0.25) is 0 Å². The molecule has 2 bridgehead atoms. The summed E-state index contributed by atoms with van der Waals surface area (Å²) in [4.78, 5) is 9.80. The molecule has 0 unspecified atom stereocenters. The van der Waals surface area contributed by atoms with Crippen LogP contribution in [0.5, 0.6) is 0 Å². The zero-order valence-electron chi connectivity index (χ0n) is 24.9. The van der Waals surface area contributed by atoms with E-state index in [0.29, 0.717) is 11.0 Å². The minimum absolute atomic E-state index is 0.386. The van der Waals surface area contributed by atoms with Crippen LogP contribution in [0.25, 0.3) is 0 Å². The van der Waals surface area contributed by atoms with Crippen LogP contribution in [0.15, 0.2) is 6.07 Å². The second-order valence-electron chi connectivity index (χ2n) is 12.3. The minimum atomic E-state index is 0.386. The molecule has 0 amide bonds. The highest BCUT2D eigenvalue weighted by Gasteiger charge is 2.51. The number of pyridine rings is 1. The van der Waals surface area contributed by atoms with E-state index < -0.39 is 0 Å². The molecule has 0 spiro atoms. The van der Waals surface area contributed by atoms with Gasteiger partial charge in [0.2, 0.25) is 0 Å². The fourth-order valence-corrected chi connectivity index (χ4v) is 7.67. The van der Waals surface area contributed by atoms with Gasteiger partial charge in [0, 0.05) is 75.5 Å². The average molecular weight is 536 g/mol. The van der Waals surface area contributed by atoms with Gasteiger partial charge in [-0.1, -0.05) is 13.3 Å². The summed E-state index contributed by atoms with van der Waals surface area (Å²) in [6.45, 7) is 12.5. The number of nitrogens with one attached hydrogen (secondary N) is 2. The van der Waals surface area contributed by atoms with Crippen LogP contribution < -0.4 is 10.2 Å². The van der Waals surface area contributed by atoms with Crippen molar-refractivity contribution < 1.29 is 4.74 Å². The monoisotopic (exact) mass is 535 g/mol. The van der Waals surface area contributed by atoms with Gasteiger partial charge in [-0.15, -0.1) is 0 Å². The zero-order chi connectivity index (χ0) is 27.6. The van der Waals surface area contributed by atoms with Crippen molar-refractivity contribution in [2.24, 2.45) is 5.41 Å². The molecule has 2 aromatic heterocycles. The lowest BCUT2D eigenvalue weighted by Crippen LogP contribution is -2.58. The highest BCUT2D eigenvalue weighted by atomic mass is 16.5. The first-order chi connectivity index (χ1) is 18.9. The smallest absolute Gasteiger partial charge is 0.136 e. The van der Waals surface area contributed by atoms with Gasteiger partial charge in [0.05, 0.1) is 23.6 Å². The van der Waals surface area contributed by atoms with E-state index >= 15 is 0 Å². The third kappa shape index (κ3) is 5.34. The number of anilines is 2. The van der Waals surface area contributed by atoms with Crippen molar-refractivity contribution in [2.75, 3.05) is 50.6 Å². The van der Waals surface area contributed by atoms with E-state index in [4.69, 9.17) is 15.2 Å². The Kier molecular flexibility index (Phi) is 8.34. The first-order valence-corrected chi connectivity index (χ1v) is 15.1. The summed E-state index contributed by atoms with van der Waals surface area (Å²) in [5.74, 6) is 0.776. The van der Waals surface area contributed by atoms with Crippen molar-refractivity contribution >= 4 is 17.7 Å². The fraction of sp³-hybridized carbons (Fsp3) is 0.710. The number of hydrogen-bond acceptors (Lipinski definition) is 7. The van der Waals surface area contributed by atoms with E-state index in [2.05, 4.69) is 44.7 Å².